The Kier molecular flexibility index (Phi) is 4.97. The van der Waals surface area contributed by atoms with Gasteiger partial charge in [-0.2, -0.15) is 0 Å². The summed E-state index contributed by atoms with van der Waals surface area (Å²) in [5.41, 5.74) is 4.70. The minimum Gasteiger partial charge on any atom is -0.293 e. The Bertz CT molecular complexity index is 721. The van der Waals surface area contributed by atoms with E-state index in [4.69, 9.17) is 23.2 Å². The van der Waals surface area contributed by atoms with Crippen molar-refractivity contribution in [3.05, 3.63) is 69.5 Å². The summed E-state index contributed by atoms with van der Waals surface area (Å²) in [6, 6.07) is 11.5. The van der Waals surface area contributed by atoms with Gasteiger partial charge in [-0.15, -0.1) is 0 Å². The Hall–Kier alpha value is -1.46. The van der Waals surface area contributed by atoms with Gasteiger partial charge in [0.25, 0.3) is 0 Å². The average Bonchev–Trinajstić information content (AvgIpc) is 2.99. The van der Waals surface area contributed by atoms with Crippen LogP contribution in [0.2, 0.25) is 10.0 Å². The van der Waals surface area contributed by atoms with Gasteiger partial charge in [0.15, 0.2) is 5.78 Å². The fraction of sp³-hybridized carbons (Fsp3) is 0.235. The number of Topliss-reactive ketones (excluding diaryl/α,β-unsaturated/α-hetero) is 1. The number of hydrogen-bond acceptors (Lipinski definition) is 3. The number of ketones is 1. The number of halogens is 3. The van der Waals surface area contributed by atoms with E-state index in [2.05, 4.69) is 5.43 Å². The number of rotatable bonds is 4. The Balaban J connectivity index is 1.64. The molecule has 1 saturated heterocycles. The molecule has 0 aromatic heterocycles. The van der Waals surface area contributed by atoms with Gasteiger partial charge in [-0.1, -0.05) is 41.4 Å². The van der Waals surface area contributed by atoms with Crippen LogP contribution in [0.25, 0.3) is 0 Å². The largest absolute Gasteiger partial charge is 0.293 e. The van der Waals surface area contributed by atoms with Gasteiger partial charge in [-0.3, -0.25) is 4.79 Å². The first-order valence-electron chi connectivity index (χ1n) is 7.28. The normalized spacial score (nSPS) is 18.3. The quantitative estimate of drug-likeness (QED) is 0.834. The molecule has 0 bridgehead atoms. The average molecular weight is 353 g/mol. The minimum atomic E-state index is -0.255. The van der Waals surface area contributed by atoms with E-state index in [0.717, 1.165) is 18.5 Å². The zero-order valence-electron chi connectivity index (χ0n) is 12.2. The number of nitrogens with zero attached hydrogens (tertiary/aromatic N) is 1. The predicted octanol–water partition coefficient (Wildman–Crippen LogP) is 4.27. The van der Waals surface area contributed by atoms with E-state index in [1.54, 1.807) is 30.3 Å². The lowest BCUT2D eigenvalue weighted by atomic mass is 10.1. The second kappa shape index (κ2) is 6.97. The van der Waals surface area contributed by atoms with Crippen molar-refractivity contribution in [2.75, 3.05) is 13.1 Å². The Morgan fingerprint density at radius 2 is 1.96 bits per heavy atom. The van der Waals surface area contributed by atoms with Crippen LogP contribution >= 0.6 is 23.2 Å². The van der Waals surface area contributed by atoms with Crippen LogP contribution < -0.4 is 5.43 Å². The molecule has 0 radical (unpaired) electrons. The standard InChI is InChI=1S/C17H15Cl2FN2O/c18-14-3-1-2-13(17(14)19)16(23)10-22-9-8-15(21-22)11-4-6-12(20)7-5-11/h1-7,15,21H,8-10H2. The van der Waals surface area contributed by atoms with Crippen LogP contribution in [0.3, 0.4) is 0 Å². The smallest absolute Gasteiger partial charge is 0.179 e. The number of carbonyl (C=O) groups excluding carboxylic acids is 1. The lowest BCUT2D eigenvalue weighted by molar-refractivity contribution is 0.0912. The third-order valence-corrected chi connectivity index (χ3v) is 4.70. The first-order chi connectivity index (χ1) is 11.0. The van der Waals surface area contributed by atoms with Gasteiger partial charge in [0.2, 0.25) is 0 Å². The van der Waals surface area contributed by atoms with Crippen LogP contribution in [-0.4, -0.2) is 23.9 Å². The molecule has 1 unspecified atom stereocenters. The van der Waals surface area contributed by atoms with Crippen LogP contribution in [-0.2, 0) is 0 Å². The van der Waals surface area contributed by atoms with E-state index in [0.29, 0.717) is 10.6 Å². The summed E-state index contributed by atoms with van der Waals surface area (Å²) in [5, 5.41) is 2.51. The van der Waals surface area contributed by atoms with Crippen molar-refractivity contribution in [1.29, 1.82) is 0 Å². The van der Waals surface area contributed by atoms with E-state index in [-0.39, 0.29) is 29.2 Å². The molecule has 2 aromatic rings. The van der Waals surface area contributed by atoms with E-state index in [9.17, 15) is 9.18 Å². The molecule has 1 aliphatic heterocycles. The molecule has 2 aromatic carbocycles. The summed E-state index contributed by atoms with van der Waals surface area (Å²) in [6.07, 6.45) is 0.849. The lowest BCUT2D eigenvalue weighted by Crippen LogP contribution is -2.36. The molecule has 0 saturated carbocycles. The van der Waals surface area contributed by atoms with Crippen molar-refractivity contribution in [1.82, 2.24) is 10.4 Å². The van der Waals surface area contributed by atoms with E-state index in [1.165, 1.54) is 12.1 Å². The Morgan fingerprint density at radius 1 is 1.22 bits per heavy atom. The maximum absolute atomic E-state index is 13.0. The molecule has 6 heteroatoms. The van der Waals surface area contributed by atoms with E-state index in [1.807, 2.05) is 5.01 Å². The predicted molar refractivity (Wildman–Crippen MR) is 89.3 cm³/mol. The van der Waals surface area contributed by atoms with Crippen molar-refractivity contribution in [2.24, 2.45) is 0 Å². The molecule has 1 fully saturated rings. The molecule has 3 rings (SSSR count). The fourth-order valence-electron chi connectivity index (χ4n) is 2.67. The highest BCUT2D eigenvalue weighted by Gasteiger charge is 2.25. The SMILES string of the molecule is O=C(CN1CCC(c2ccc(F)cc2)N1)c1cccc(Cl)c1Cl. The molecule has 120 valence electrons. The van der Waals surface area contributed by atoms with E-state index < -0.39 is 0 Å². The third kappa shape index (κ3) is 3.72. The molecule has 0 amide bonds. The Morgan fingerprint density at radius 3 is 2.70 bits per heavy atom. The van der Waals surface area contributed by atoms with Gasteiger partial charge in [-0.25, -0.2) is 14.8 Å². The van der Waals surface area contributed by atoms with Gasteiger partial charge in [0, 0.05) is 18.2 Å². The second-order valence-electron chi connectivity index (χ2n) is 5.47. The maximum Gasteiger partial charge on any atom is 0.179 e. The maximum atomic E-state index is 13.0. The lowest BCUT2D eigenvalue weighted by Gasteiger charge is -2.18. The van der Waals surface area contributed by atoms with Crippen molar-refractivity contribution in [2.45, 2.75) is 12.5 Å². The summed E-state index contributed by atoms with van der Waals surface area (Å²) in [4.78, 5) is 12.4. The second-order valence-corrected chi connectivity index (χ2v) is 6.25. The molecule has 0 spiro atoms. The van der Waals surface area contributed by atoms with Crippen molar-refractivity contribution >= 4 is 29.0 Å². The number of carbonyl (C=O) groups is 1. The van der Waals surface area contributed by atoms with Gasteiger partial charge in [0.1, 0.15) is 5.82 Å². The van der Waals surface area contributed by atoms with Crippen LogP contribution in [0.1, 0.15) is 28.4 Å². The molecule has 1 aliphatic rings. The highest BCUT2D eigenvalue weighted by atomic mass is 35.5. The monoisotopic (exact) mass is 352 g/mol. The third-order valence-electron chi connectivity index (χ3n) is 3.88. The summed E-state index contributed by atoms with van der Waals surface area (Å²) >= 11 is 12.0. The highest BCUT2D eigenvalue weighted by Crippen LogP contribution is 2.27. The molecule has 1 atom stereocenters. The fourth-order valence-corrected chi connectivity index (χ4v) is 3.08. The number of benzene rings is 2. The summed E-state index contributed by atoms with van der Waals surface area (Å²) < 4.78 is 13.0. The number of hydrazine groups is 1. The molecule has 1 heterocycles. The van der Waals surface area contributed by atoms with Crippen LogP contribution in [0.5, 0.6) is 0 Å². The van der Waals surface area contributed by atoms with Crippen LogP contribution in [0.15, 0.2) is 42.5 Å². The molecular weight excluding hydrogens is 338 g/mol. The van der Waals surface area contributed by atoms with Crippen molar-refractivity contribution < 1.29 is 9.18 Å². The minimum absolute atomic E-state index is 0.0817. The molecule has 0 aliphatic carbocycles. The zero-order valence-corrected chi connectivity index (χ0v) is 13.7. The van der Waals surface area contributed by atoms with Gasteiger partial charge >= 0.3 is 0 Å². The summed E-state index contributed by atoms with van der Waals surface area (Å²) in [7, 11) is 0. The van der Waals surface area contributed by atoms with Gasteiger partial charge < -0.3 is 0 Å². The summed E-state index contributed by atoms with van der Waals surface area (Å²) in [5.74, 6) is -0.348. The van der Waals surface area contributed by atoms with Crippen LogP contribution in [0, 0.1) is 5.82 Å². The van der Waals surface area contributed by atoms with Crippen LogP contribution in [0.4, 0.5) is 4.39 Å². The molecule has 23 heavy (non-hydrogen) atoms. The summed E-state index contributed by atoms with van der Waals surface area (Å²) in [6.45, 7) is 0.934. The number of hydrogen-bond donors (Lipinski definition) is 1. The van der Waals surface area contributed by atoms with Gasteiger partial charge in [-0.05, 0) is 36.2 Å². The van der Waals surface area contributed by atoms with Crippen molar-refractivity contribution in [3.63, 3.8) is 0 Å². The Labute approximate surface area is 144 Å². The molecular formula is C17H15Cl2FN2O. The number of nitrogens with one attached hydrogen (secondary N) is 1. The highest BCUT2D eigenvalue weighted by molar-refractivity contribution is 6.43. The molecule has 1 N–H and O–H groups in total. The zero-order chi connectivity index (χ0) is 16.4. The molecule has 3 nitrogen and oxygen atoms in total. The van der Waals surface area contributed by atoms with Gasteiger partial charge in [0.05, 0.1) is 16.6 Å². The van der Waals surface area contributed by atoms with Crippen molar-refractivity contribution in [3.8, 4) is 0 Å². The van der Waals surface area contributed by atoms with E-state index >= 15 is 0 Å². The first-order valence-corrected chi connectivity index (χ1v) is 8.04. The first kappa shape index (κ1) is 16.4. The topological polar surface area (TPSA) is 32.3 Å².